The molecule has 39 heavy (non-hydrogen) atoms. The van der Waals surface area contributed by atoms with Gasteiger partial charge in [0.15, 0.2) is 5.11 Å². The monoisotopic (exact) mass is 554 g/mol. The van der Waals surface area contributed by atoms with Crippen molar-refractivity contribution < 1.29 is 9.47 Å². The molecule has 8 heteroatoms. The zero-order chi connectivity index (χ0) is 26.8. The predicted molar refractivity (Wildman–Crippen MR) is 160 cm³/mol. The Bertz CT molecular complexity index is 1620. The van der Waals surface area contributed by atoms with Crippen molar-refractivity contribution in [2.45, 2.75) is 12.1 Å². The Morgan fingerprint density at radius 1 is 0.897 bits per heavy atom. The van der Waals surface area contributed by atoms with Crippen LogP contribution in [0.3, 0.4) is 0 Å². The van der Waals surface area contributed by atoms with Crippen LogP contribution in [-0.2, 0) is 4.74 Å². The number of hydrogen-bond donors (Lipinski definition) is 1. The third kappa shape index (κ3) is 4.96. The number of thiocarbonyl (C=S) groups is 1. The van der Waals surface area contributed by atoms with Crippen molar-refractivity contribution in [3.05, 3.63) is 120 Å². The van der Waals surface area contributed by atoms with Crippen LogP contribution in [-0.4, -0.2) is 35.0 Å². The van der Waals surface area contributed by atoms with E-state index in [9.17, 15) is 0 Å². The molecule has 0 amide bonds. The molecular weight excluding hydrogens is 528 g/mol. The number of rotatable bonds is 8. The summed E-state index contributed by atoms with van der Waals surface area (Å²) in [5, 5.41) is 7.03. The molecule has 0 bridgehead atoms. The fourth-order valence-electron chi connectivity index (χ4n) is 5.12. The van der Waals surface area contributed by atoms with Gasteiger partial charge in [0.1, 0.15) is 18.4 Å². The number of nitrogens with one attached hydrogen (secondary N) is 1. The number of anilines is 1. The molecule has 2 aromatic heterocycles. The van der Waals surface area contributed by atoms with Gasteiger partial charge in [0.2, 0.25) is 0 Å². The lowest BCUT2D eigenvalue weighted by Crippen LogP contribution is -2.30. The summed E-state index contributed by atoms with van der Waals surface area (Å²) in [6.07, 6.45) is 3.90. The molecule has 6 rings (SSSR count). The van der Waals surface area contributed by atoms with E-state index in [1.807, 2.05) is 42.6 Å². The highest BCUT2D eigenvalue weighted by Gasteiger charge is 2.42. The van der Waals surface area contributed by atoms with Gasteiger partial charge in [-0.05, 0) is 77.6 Å². The number of pyridine rings is 1. The van der Waals surface area contributed by atoms with Crippen LogP contribution in [0.15, 0.2) is 103 Å². The predicted octanol–water partition coefficient (Wildman–Crippen LogP) is 6.88. The average molecular weight is 555 g/mol. The Labute approximate surface area is 237 Å². The fraction of sp³-hybridized carbons (Fsp3) is 0.161. The van der Waals surface area contributed by atoms with Crippen molar-refractivity contribution in [2.24, 2.45) is 0 Å². The molecule has 0 aliphatic carbocycles. The summed E-state index contributed by atoms with van der Waals surface area (Å²) in [5.41, 5.74) is 3.92. The standard InChI is InChI=1S/C31H27ClN4O2S/c1-37-17-18-38-28-14-13-24(20-25(28)32)36-30(29(34-31(36)39)26-9-4-5-15-33-26)27-10-6-16-35(27)23-12-11-21-7-2-3-8-22(21)19-23/h2-16,19-20,29-30H,17-18H2,1H3,(H,34,39). The van der Waals surface area contributed by atoms with Gasteiger partial charge in [0.05, 0.1) is 23.4 Å². The minimum Gasteiger partial charge on any atom is -0.490 e. The van der Waals surface area contributed by atoms with E-state index in [-0.39, 0.29) is 12.1 Å². The molecular formula is C31H27ClN4O2S. The summed E-state index contributed by atoms with van der Waals surface area (Å²) in [6.45, 7) is 0.903. The second kappa shape index (κ2) is 11.1. The molecule has 5 aromatic rings. The molecule has 6 nitrogen and oxygen atoms in total. The first kappa shape index (κ1) is 25.4. The van der Waals surface area contributed by atoms with Gasteiger partial charge in [-0.15, -0.1) is 0 Å². The number of halogens is 1. The summed E-state index contributed by atoms with van der Waals surface area (Å²) in [7, 11) is 1.64. The fourth-order valence-corrected chi connectivity index (χ4v) is 5.70. The normalized spacial score (nSPS) is 17.0. The van der Waals surface area contributed by atoms with Gasteiger partial charge in [0, 0.05) is 36.6 Å². The maximum absolute atomic E-state index is 6.67. The van der Waals surface area contributed by atoms with Crippen LogP contribution >= 0.6 is 23.8 Å². The third-order valence-electron chi connectivity index (χ3n) is 6.93. The molecule has 0 saturated carbocycles. The van der Waals surface area contributed by atoms with E-state index in [0.717, 1.165) is 22.8 Å². The summed E-state index contributed by atoms with van der Waals surface area (Å²) in [5.74, 6) is 0.605. The number of methoxy groups -OCH3 is 1. The lowest BCUT2D eigenvalue weighted by Gasteiger charge is -2.29. The molecule has 1 fully saturated rings. The molecule has 2 unspecified atom stereocenters. The van der Waals surface area contributed by atoms with Crippen molar-refractivity contribution in [1.29, 1.82) is 0 Å². The largest absolute Gasteiger partial charge is 0.490 e. The van der Waals surface area contributed by atoms with Crippen molar-refractivity contribution in [1.82, 2.24) is 14.9 Å². The van der Waals surface area contributed by atoms with E-state index >= 15 is 0 Å². The van der Waals surface area contributed by atoms with Crippen molar-refractivity contribution in [2.75, 3.05) is 25.2 Å². The van der Waals surface area contributed by atoms with Gasteiger partial charge in [0.25, 0.3) is 0 Å². The molecule has 3 heterocycles. The first-order valence-electron chi connectivity index (χ1n) is 12.7. The molecule has 1 aliphatic heterocycles. The van der Waals surface area contributed by atoms with Crippen LogP contribution in [0.4, 0.5) is 5.69 Å². The molecule has 3 aromatic carbocycles. The number of fused-ring (bicyclic) bond motifs is 1. The Morgan fingerprint density at radius 2 is 1.72 bits per heavy atom. The molecule has 0 radical (unpaired) electrons. The smallest absolute Gasteiger partial charge is 0.174 e. The van der Waals surface area contributed by atoms with E-state index in [1.165, 1.54) is 10.8 Å². The van der Waals surface area contributed by atoms with Crippen LogP contribution in [0, 0.1) is 0 Å². The van der Waals surface area contributed by atoms with Crippen molar-refractivity contribution in [3.8, 4) is 11.4 Å². The summed E-state index contributed by atoms with van der Waals surface area (Å²) in [6, 6.07) is 30.4. The van der Waals surface area contributed by atoms with Crippen LogP contribution in [0.2, 0.25) is 5.02 Å². The molecule has 2 atom stereocenters. The maximum Gasteiger partial charge on any atom is 0.174 e. The zero-order valence-corrected chi connectivity index (χ0v) is 22.9. The Balaban J connectivity index is 1.44. The summed E-state index contributed by atoms with van der Waals surface area (Å²) in [4.78, 5) is 6.80. The van der Waals surface area contributed by atoms with Crippen LogP contribution in [0.25, 0.3) is 16.5 Å². The van der Waals surface area contributed by atoms with E-state index in [2.05, 4.69) is 80.6 Å². The SMILES string of the molecule is COCCOc1ccc(N2C(=S)NC(c3ccccn3)C2c2cccn2-c2ccc3ccccc3c2)cc1Cl. The quantitative estimate of drug-likeness (QED) is 0.167. The zero-order valence-electron chi connectivity index (χ0n) is 21.3. The second-order valence-electron chi connectivity index (χ2n) is 9.29. The first-order valence-corrected chi connectivity index (χ1v) is 13.5. The van der Waals surface area contributed by atoms with Gasteiger partial charge >= 0.3 is 0 Å². The molecule has 1 N–H and O–H groups in total. The van der Waals surface area contributed by atoms with Crippen molar-refractivity contribution in [3.63, 3.8) is 0 Å². The van der Waals surface area contributed by atoms with E-state index in [1.54, 1.807) is 7.11 Å². The van der Waals surface area contributed by atoms with E-state index < -0.39 is 0 Å². The van der Waals surface area contributed by atoms with Crippen LogP contribution in [0.5, 0.6) is 5.75 Å². The minimum absolute atomic E-state index is 0.177. The Kier molecular flexibility index (Phi) is 7.20. The highest BCUT2D eigenvalue weighted by atomic mass is 35.5. The first-order chi connectivity index (χ1) is 19.1. The maximum atomic E-state index is 6.67. The van der Waals surface area contributed by atoms with Crippen LogP contribution in [0.1, 0.15) is 23.5 Å². The van der Waals surface area contributed by atoms with Crippen LogP contribution < -0.4 is 15.0 Å². The van der Waals surface area contributed by atoms with Gasteiger partial charge in [-0.1, -0.05) is 48.0 Å². The van der Waals surface area contributed by atoms with Gasteiger partial charge in [-0.2, -0.15) is 0 Å². The highest BCUT2D eigenvalue weighted by molar-refractivity contribution is 7.80. The lowest BCUT2D eigenvalue weighted by molar-refractivity contribution is 0.146. The summed E-state index contributed by atoms with van der Waals surface area (Å²) >= 11 is 12.6. The summed E-state index contributed by atoms with van der Waals surface area (Å²) < 4.78 is 13.1. The number of aromatic nitrogens is 2. The topological polar surface area (TPSA) is 51.6 Å². The Morgan fingerprint density at radius 3 is 2.51 bits per heavy atom. The molecule has 196 valence electrons. The number of nitrogens with zero attached hydrogens (tertiary/aromatic N) is 3. The minimum atomic E-state index is -0.190. The van der Waals surface area contributed by atoms with Gasteiger partial charge in [-0.25, -0.2) is 0 Å². The van der Waals surface area contributed by atoms with Gasteiger partial charge < -0.3 is 24.3 Å². The molecule has 1 aliphatic rings. The van der Waals surface area contributed by atoms with E-state index in [0.29, 0.717) is 29.1 Å². The number of ether oxygens (including phenoxy) is 2. The molecule has 1 saturated heterocycles. The Hall–Kier alpha value is -3.91. The third-order valence-corrected chi connectivity index (χ3v) is 7.54. The molecule has 0 spiro atoms. The van der Waals surface area contributed by atoms with E-state index in [4.69, 9.17) is 33.3 Å². The van der Waals surface area contributed by atoms with Gasteiger partial charge in [-0.3, -0.25) is 4.98 Å². The van der Waals surface area contributed by atoms with Crippen molar-refractivity contribution >= 4 is 45.4 Å². The second-order valence-corrected chi connectivity index (χ2v) is 10.1. The number of benzene rings is 3. The average Bonchev–Trinajstić information content (AvgIpc) is 3.58. The highest BCUT2D eigenvalue weighted by Crippen LogP contribution is 2.43. The number of hydrogen-bond acceptors (Lipinski definition) is 4. The lowest BCUT2D eigenvalue weighted by atomic mass is 10.0.